The van der Waals surface area contributed by atoms with Crippen molar-refractivity contribution < 1.29 is 14.4 Å². The molecule has 8 heteroatoms. The van der Waals surface area contributed by atoms with Crippen molar-refractivity contribution in [1.29, 1.82) is 0 Å². The van der Waals surface area contributed by atoms with Gasteiger partial charge in [-0.3, -0.25) is 4.98 Å². The Morgan fingerprint density at radius 3 is 2.88 bits per heavy atom. The molecule has 0 radical (unpaired) electrons. The minimum atomic E-state index is -0.304. The number of urea groups is 1. The van der Waals surface area contributed by atoms with Crippen molar-refractivity contribution in [1.82, 2.24) is 10.3 Å². The third-order valence-corrected chi connectivity index (χ3v) is 4.10. The molecule has 1 unspecified atom stereocenters. The van der Waals surface area contributed by atoms with E-state index in [1.54, 1.807) is 24.5 Å². The van der Waals surface area contributed by atoms with Crippen molar-refractivity contribution >= 4 is 33.4 Å². The minimum Gasteiger partial charge on any atom is -0.488 e. The van der Waals surface area contributed by atoms with Gasteiger partial charge in [-0.05, 0) is 40.2 Å². The molecule has 2 N–H and O–H groups in total. The Balaban J connectivity index is 1.38. The Morgan fingerprint density at radius 2 is 2.08 bits per heavy atom. The van der Waals surface area contributed by atoms with Gasteiger partial charge in [-0.15, -0.1) is 0 Å². The molecule has 2 aromatic rings. The molecule has 7 nitrogen and oxygen atoms in total. The number of hydrogen-bond donors (Lipinski definition) is 2. The average molecular weight is 405 g/mol. The summed E-state index contributed by atoms with van der Waals surface area (Å²) in [7, 11) is 0. The molecular formula is C17H17BrN4O3. The number of rotatable bonds is 6. The zero-order valence-electron chi connectivity index (χ0n) is 13.3. The van der Waals surface area contributed by atoms with Crippen molar-refractivity contribution in [2.45, 2.75) is 12.5 Å². The fraction of sp³-hybridized carbons (Fsp3) is 0.235. The monoisotopic (exact) mass is 404 g/mol. The predicted molar refractivity (Wildman–Crippen MR) is 97.8 cm³/mol. The van der Waals surface area contributed by atoms with Crippen LogP contribution in [0.5, 0.6) is 5.75 Å². The molecule has 1 aromatic heterocycles. The van der Waals surface area contributed by atoms with Crippen molar-refractivity contribution in [3.8, 4) is 5.75 Å². The van der Waals surface area contributed by atoms with E-state index >= 15 is 0 Å². The molecule has 2 heterocycles. The van der Waals surface area contributed by atoms with Crippen LogP contribution in [0.3, 0.4) is 0 Å². The number of amides is 2. The lowest BCUT2D eigenvalue weighted by Gasteiger charge is -2.11. The highest BCUT2D eigenvalue weighted by Gasteiger charge is 2.22. The summed E-state index contributed by atoms with van der Waals surface area (Å²) in [6.07, 6.45) is 3.67. The van der Waals surface area contributed by atoms with Gasteiger partial charge in [0.05, 0.1) is 16.7 Å². The fourth-order valence-electron chi connectivity index (χ4n) is 2.22. The summed E-state index contributed by atoms with van der Waals surface area (Å²) in [5.74, 6) is 0.759. The van der Waals surface area contributed by atoms with E-state index in [0.29, 0.717) is 25.3 Å². The normalized spacial score (nSPS) is 15.9. The number of aromatic nitrogens is 1. The standard InChI is InChI=1S/C17H17BrN4O3/c18-15-3-1-2-4-16(15)24-11-14-9-13(22-25-14)10-20-17(23)21-12-5-7-19-8-6-12/h1-8,14H,9-11H2,(H2,19,20,21,23). The van der Waals surface area contributed by atoms with E-state index in [9.17, 15) is 4.79 Å². The maximum atomic E-state index is 11.8. The van der Waals surface area contributed by atoms with Crippen molar-refractivity contribution in [3.05, 3.63) is 53.3 Å². The predicted octanol–water partition coefficient (Wildman–Crippen LogP) is 3.19. The first-order chi connectivity index (χ1) is 12.2. The number of carbonyl (C=O) groups excluding carboxylic acids is 1. The van der Waals surface area contributed by atoms with Crippen LogP contribution in [0.1, 0.15) is 6.42 Å². The Hall–Kier alpha value is -2.61. The van der Waals surface area contributed by atoms with Crippen LogP contribution < -0.4 is 15.4 Å². The van der Waals surface area contributed by atoms with Crippen LogP contribution in [-0.4, -0.2) is 36.0 Å². The van der Waals surface area contributed by atoms with Crippen LogP contribution in [0.25, 0.3) is 0 Å². The van der Waals surface area contributed by atoms with E-state index in [1.807, 2.05) is 24.3 Å². The van der Waals surface area contributed by atoms with Gasteiger partial charge in [0.1, 0.15) is 12.4 Å². The van der Waals surface area contributed by atoms with Gasteiger partial charge in [0, 0.05) is 24.5 Å². The lowest BCUT2D eigenvalue weighted by atomic mass is 10.2. The minimum absolute atomic E-state index is 0.160. The van der Waals surface area contributed by atoms with E-state index in [4.69, 9.17) is 9.57 Å². The van der Waals surface area contributed by atoms with Gasteiger partial charge in [-0.2, -0.15) is 0 Å². The number of nitrogens with one attached hydrogen (secondary N) is 2. The third kappa shape index (κ3) is 5.18. The highest BCUT2D eigenvalue weighted by Crippen LogP contribution is 2.24. The second-order valence-corrected chi connectivity index (χ2v) is 6.23. The largest absolute Gasteiger partial charge is 0.488 e. The molecular weight excluding hydrogens is 388 g/mol. The molecule has 0 bridgehead atoms. The molecule has 1 aromatic carbocycles. The van der Waals surface area contributed by atoms with Gasteiger partial charge in [0.2, 0.25) is 0 Å². The molecule has 130 valence electrons. The lowest BCUT2D eigenvalue weighted by molar-refractivity contribution is 0.0468. The first-order valence-electron chi connectivity index (χ1n) is 7.74. The third-order valence-electron chi connectivity index (χ3n) is 3.45. The maximum absolute atomic E-state index is 11.8. The molecule has 3 rings (SSSR count). The molecule has 1 aliphatic heterocycles. The molecule has 0 saturated carbocycles. The van der Waals surface area contributed by atoms with E-state index in [0.717, 1.165) is 15.9 Å². The Morgan fingerprint density at radius 1 is 1.28 bits per heavy atom. The molecule has 2 amide bonds. The second-order valence-electron chi connectivity index (χ2n) is 5.37. The smallest absolute Gasteiger partial charge is 0.319 e. The summed E-state index contributed by atoms with van der Waals surface area (Å²) in [6.45, 7) is 0.710. The quantitative estimate of drug-likeness (QED) is 0.773. The van der Waals surface area contributed by atoms with Crippen LogP contribution in [0.4, 0.5) is 10.5 Å². The summed E-state index contributed by atoms with van der Waals surface area (Å²) in [6, 6.07) is 10.7. The summed E-state index contributed by atoms with van der Waals surface area (Å²) in [5.41, 5.74) is 1.45. The summed E-state index contributed by atoms with van der Waals surface area (Å²) < 4.78 is 6.62. The molecule has 0 spiro atoms. The SMILES string of the molecule is O=C(NCC1=NOC(COc2ccccc2Br)C1)Nc1ccncc1. The molecule has 0 fully saturated rings. The van der Waals surface area contributed by atoms with Crippen molar-refractivity contribution in [3.63, 3.8) is 0 Å². The zero-order valence-corrected chi connectivity index (χ0v) is 14.9. The van der Waals surface area contributed by atoms with E-state index < -0.39 is 0 Å². The van der Waals surface area contributed by atoms with Crippen LogP contribution in [-0.2, 0) is 4.84 Å². The number of carbonyl (C=O) groups is 1. The number of ether oxygens (including phenoxy) is 1. The zero-order chi connectivity index (χ0) is 17.5. The molecule has 25 heavy (non-hydrogen) atoms. The van der Waals surface area contributed by atoms with E-state index in [1.165, 1.54) is 0 Å². The van der Waals surface area contributed by atoms with Gasteiger partial charge in [-0.1, -0.05) is 17.3 Å². The number of halogens is 1. The molecule has 1 aliphatic rings. The van der Waals surface area contributed by atoms with Gasteiger partial charge < -0.3 is 20.2 Å². The summed E-state index contributed by atoms with van der Waals surface area (Å²) >= 11 is 3.43. The highest BCUT2D eigenvalue weighted by atomic mass is 79.9. The lowest BCUT2D eigenvalue weighted by Crippen LogP contribution is -2.33. The van der Waals surface area contributed by atoms with Gasteiger partial charge in [0.25, 0.3) is 0 Å². The number of hydrogen-bond acceptors (Lipinski definition) is 5. The van der Waals surface area contributed by atoms with E-state index in [-0.39, 0.29) is 12.1 Å². The van der Waals surface area contributed by atoms with Crippen LogP contribution in [0.15, 0.2) is 58.4 Å². The topological polar surface area (TPSA) is 84.8 Å². The molecule has 0 aliphatic carbocycles. The number of oxime groups is 1. The fourth-order valence-corrected chi connectivity index (χ4v) is 2.62. The van der Waals surface area contributed by atoms with Gasteiger partial charge in [-0.25, -0.2) is 4.79 Å². The van der Waals surface area contributed by atoms with Crippen LogP contribution in [0, 0.1) is 0 Å². The Bertz CT molecular complexity index is 755. The Labute approximate surface area is 153 Å². The highest BCUT2D eigenvalue weighted by molar-refractivity contribution is 9.10. The summed E-state index contributed by atoms with van der Waals surface area (Å²) in [5, 5.41) is 9.46. The van der Waals surface area contributed by atoms with Crippen molar-refractivity contribution in [2.75, 3.05) is 18.5 Å². The van der Waals surface area contributed by atoms with Gasteiger partial charge in [0.15, 0.2) is 6.10 Å². The molecule has 0 saturated heterocycles. The van der Waals surface area contributed by atoms with E-state index in [2.05, 4.69) is 36.7 Å². The number of para-hydroxylation sites is 1. The first-order valence-corrected chi connectivity index (χ1v) is 8.54. The Kier molecular flexibility index (Phi) is 5.84. The van der Waals surface area contributed by atoms with Gasteiger partial charge >= 0.3 is 6.03 Å². The molecule has 1 atom stereocenters. The number of pyridine rings is 1. The second kappa shape index (κ2) is 8.48. The number of nitrogens with zero attached hydrogens (tertiary/aromatic N) is 2. The average Bonchev–Trinajstić information content (AvgIpc) is 3.08. The maximum Gasteiger partial charge on any atom is 0.319 e. The number of anilines is 1. The first kappa shape index (κ1) is 17.2. The van der Waals surface area contributed by atoms with Crippen LogP contribution in [0.2, 0.25) is 0 Å². The number of benzene rings is 1. The van der Waals surface area contributed by atoms with Crippen LogP contribution >= 0.6 is 15.9 Å². The van der Waals surface area contributed by atoms with Crippen molar-refractivity contribution in [2.24, 2.45) is 5.16 Å². The summed E-state index contributed by atoms with van der Waals surface area (Å²) in [4.78, 5) is 21.1.